The number of rotatable bonds is 5. The minimum Gasteiger partial charge on any atom is -0.355 e. The highest BCUT2D eigenvalue weighted by Gasteiger charge is 2.37. The van der Waals surface area contributed by atoms with Crippen LogP contribution in [0.5, 0.6) is 0 Å². The number of anilines is 1. The summed E-state index contributed by atoms with van der Waals surface area (Å²) in [5.74, 6) is -0.861. The Labute approximate surface area is 156 Å². The number of nitrogens with zero attached hydrogens (tertiary/aromatic N) is 1. The molecule has 5 heteroatoms. The monoisotopic (exact) mass is 400 g/mol. The molecule has 1 atom stereocenters. The van der Waals surface area contributed by atoms with Crippen molar-refractivity contribution in [3.63, 3.8) is 0 Å². The fraction of sp³-hybridized carbons (Fsp3) is 0.300. The number of aryl methyl sites for hydroxylation is 1. The third kappa shape index (κ3) is 4.10. The summed E-state index contributed by atoms with van der Waals surface area (Å²) in [6.07, 6.45) is 1.33. The predicted octanol–water partition coefficient (Wildman–Crippen LogP) is 3.47. The molecule has 0 unspecified atom stereocenters. The maximum atomic E-state index is 12.7. The van der Waals surface area contributed by atoms with E-state index in [-0.39, 0.29) is 11.8 Å². The second-order valence-electron chi connectivity index (χ2n) is 6.29. The van der Waals surface area contributed by atoms with Gasteiger partial charge >= 0.3 is 0 Å². The summed E-state index contributed by atoms with van der Waals surface area (Å²) in [4.78, 5) is 26.8. The number of carbonyl (C=O) groups is 2. The van der Waals surface area contributed by atoms with Crippen LogP contribution in [0.4, 0.5) is 5.69 Å². The fourth-order valence-corrected chi connectivity index (χ4v) is 3.66. The first-order valence-electron chi connectivity index (χ1n) is 8.45. The molecular weight excluding hydrogens is 380 g/mol. The molecule has 1 aliphatic rings. The van der Waals surface area contributed by atoms with Crippen molar-refractivity contribution in [3.05, 3.63) is 64.1 Å². The lowest BCUT2D eigenvalue weighted by molar-refractivity contribution is -0.132. The van der Waals surface area contributed by atoms with Gasteiger partial charge < -0.3 is 10.2 Å². The largest absolute Gasteiger partial charge is 0.355 e. The van der Waals surface area contributed by atoms with Crippen LogP contribution < -0.4 is 10.2 Å². The minimum absolute atomic E-state index is 0.109. The van der Waals surface area contributed by atoms with Crippen molar-refractivity contribution in [2.24, 2.45) is 5.92 Å². The molecule has 0 saturated carbocycles. The molecule has 0 aromatic heterocycles. The number of amides is 2. The molecule has 3 rings (SSSR count). The molecule has 25 heavy (non-hydrogen) atoms. The summed E-state index contributed by atoms with van der Waals surface area (Å²) in [5.41, 5.74) is 3.08. The maximum absolute atomic E-state index is 12.7. The predicted molar refractivity (Wildman–Crippen MR) is 102 cm³/mol. The average Bonchev–Trinajstić information content (AvgIpc) is 2.97. The van der Waals surface area contributed by atoms with Crippen LogP contribution in [0.15, 0.2) is 53.0 Å². The van der Waals surface area contributed by atoms with Crippen LogP contribution in [-0.4, -0.2) is 24.9 Å². The highest BCUT2D eigenvalue weighted by atomic mass is 79.9. The van der Waals surface area contributed by atoms with E-state index >= 15 is 0 Å². The van der Waals surface area contributed by atoms with Gasteiger partial charge in [0.25, 0.3) is 0 Å². The molecule has 130 valence electrons. The normalized spacial score (nSPS) is 17.0. The SMILES string of the molecule is Cc1cc(Br)ccc1N1CC[C@@H](C(=O)NCCc2ccccc2)C1=O. The third-order valence-electron chi connectivity index (χ3n) is 4.53. The van der Waals surface area contributed by atoms with Crippen molar-refractivity contribution in [3.8, 4) is 0 Å². The number of hydrogen-bond donors (Lipinski definition) is 1. The Morgan fingerprint density at radius 3 is 2.72 bits per heavy atom. The molecule has 1 N–H and O–H groups in total. The number of nitrogens with one attached hydrogen (secondary N) is 1. The zero-order valence-corrected chi connectivity index (χ0v) is 15.8. The van der Waals surface area contributed by atoms with Crippen molar-refractivity contribution < 1.29 is 9.59 Å². The quantitative estimate of drug-likeness (QED) is 0.781. The third-order valence-corrected chi connectivity index (χ3v) is 5.02. The van der Waals surface area contributed by atoms with Gasteiger partial charge in [-0.15, -0.1) is 0 Å². The van der Waals surface area contributed by atoms with E-state index in [1.807, 2.05) is 55.5 Å². The summed E-state index contributed by atoms with van der Waals surface area (Å²) in [6, 6.07) is 15.8. The minimum atomic E-state index is -0.584. The van der Waals surface area contributed by atoms with Crippen LogP contribution in [0.3, 0.4) is 0 Å². The molecule has 0 bridgehead atoms. The molecule has 1 saturated heterocycles. The average molecular weight is 401 g/mol. The molecule has 4 nitrogen and oxygen atoms in total. The maximum Gasteiger partial charge on any atom is 0.239 e. The van der Waals surface area contributed by atoms with Crippen molar-refractivity contribution in [1.82, 2.24) is 5.32 Å². The molecule has 1 fully saturated rings. The highest BCUT2D eigenvalue weighted by Crippen LogP contribution is 2.29. The van der Waals surface area contributed by atoms with Crippen molar-refractivity contribution in [2.45, 2.75) is 19.8 Å². The van der Waals surface area contributed by atoms with Gasteiger partial charge in [0, 0.05) is 23.2 Å². The van der Waals surface area contributed by atoms with Crippen molar-refractivity contribution >= 4 is 33.4 Å². The van der Waals surface area contributed by atoms with Gasteiger partial charge in [0.2, 0.25) is 11.8 Å². The van der Waals surface area contributed by atoms with E-state index in [0.717, 1.165) is 22.1 Å². The van der Waals surface area contributed by atoms with Gasteiger partial charge in [-0.05, 0) is 49.1 Å². The first-order chi connectivity index (χ1) is 12.1. The zero-order chi connectivity index (χ0) is 17.8. The number of benzene rings is 2. The first kappa shape index (κ1) is 17.7. The Morgan fingerprint density at radius 1 is 1.24 bits per heavy atom. The van der Waals surface area contributed by atoms with Gasteiger partial charge in [-0.25, -0.2) is 0 Å². The number of hydrogen-bond acceptors (Lipinski definition) is 2. The lowest BCUT2D eigenvalue weighted by Gasteiger charge is -2.19. The van der Waals surface area contributed by atoms with Gasteiger partial charge in [0.15, 0.2) is 0 Å². The van der Waals surface area contributed by atoms with Crippen LogP contribution in [-0.2, 0) is 16.0 Å². The molecule has 0 radical (unpaired) electrons. The highest BCUT2D eigenvalue weighted by molar-refractivity contribution is 9.10. The molecule has 2 amide bonds. The molecule has 1 aliphatic heterocycles. The summed E-state index contributed by atoms with van der Waals surface area (Å²) in [5, 5.41) is 2.91. The van der Waals surface area contributed by atoms with E-state index in [1.165, 1.54) is 5.56 Å². The standard InChI is InChI=1S/C20H21BrN2O2/c1-14-13-16(21)7-8-18(14)23-12-10-17(20(23)25)19(24)22-11-9-15-5-3-2-4-6-15/h2-8,13,17H,9-12H2,1H3,(H,22,24)/t17-/m0/s1. The molecule has 1 heterocycles. The van der Waals surface area contributed by atoms with Crippen molar-refractivity contribution in [2.75, 3.05) is 18.0 Å². The van der Waals surface area contributed by atoms with Crippen LogP contribution in [0, 0.1) is 12.8 Å². The molecule has 0 spiro atoms. The van der Waals surface area contributed by atoms with Crippen molar-refractivity contribution in [1.29, 1.82) is 0 Å². The fourth-order valence-electron chi connectivity index (χ4n) is 3.18. The second-order valence-corrected chi connectivity index (χ2v) is 7.20. The zero-order valence-electron chi connectivity index (χ0n) is 14.2. The van der Waals surface area contributed by atoms with Gasteiger partial charge in [0.05, 0.1) is 0 Å². The topological polar surface area (TPSA) is 49.4 Å². The van der Waals surface area contributed by atoms with E-state index in [0.29, 0.717) is 19.5 Å². The molecule has 2 aromatic carbocycles. The van der Waals surface area contributed by atoms with Crippen LogP contribution in [0.25, 0.3) is 0 Å². The van der Waals surface area contributed by atoms with E-state index < -0.39 is 5.92 Å². The Kier molecular flexibility index (Phi) is 5.53. The summed E-state index contributed by atoms with van der Waals surface area (Å²) < 4.78 is 0.982. The second kappa shape index (κ2) is 7.83. The van der Waals surface area contributed by atoms with Crippen LogP contribution in [0.2, 0.25) is 0 Å². The number of carbonyl (C=O) groups excluding carboxylic acids is 2. The van der Waals surface area contributed by atoms with E-state index in [4.69, 9.17) is 0 Å². The van der Waals surface area contributed by atoms with Gasteiger partial charge in [0.1, 0.15) is 5.92 Å². The molecular formula is C20H21BrN2O2. The van der Waals surface area contributed by atoms with Gasteiger partial charge in [-0.1, -0.05) is 46.3 Å². The summed E-state index contributed by atoms with van der Waals surface area (Å²) in [6.45, 7) is 3.10. The van der Waals surface area contributed by atoms with Gasteiger partial charge in [-0.3, -0.25) is 9.59 Å². The molecule has 2 aromatic rings. The first-order valence-corrected chi connectivity index (χ1v) is 9.25. The smallest absolute Gasteiger partial charge is 0.239 e. The van der Waals surface area contributed by atoms with Crippen LogP contribution in [0.1, 0.15) is 17.5 Å². The van der Waals surface area contributed by atoms with E-state index in [9.17, 15) is 9.59 Å². The summed E-state index contributed by atoms with van der Waals surface area (Å²) >= 11 is 3.44. The Balaban J connectivity index is 1.58. The Bertz CT molecular complexity index is 777. The Hall–Kier alpha value is -2.14. The van der Waals surface area contributed by atoms with Gasteiger partial charge in [-0.2, -0.15) is 0 Å². The summed E-state index contributed by atoms with van der Waals surface area (Å²) in [7, 11) is 0. The van der Waals surface area contributed by atoms with Crippen LogP contribution >= 0.6 is 15.9 Å². The Morgan fingerprint density at radius 2 is 2.00 bits per heavy atom. The lowest BCUT2D eigenvalue weighted by Crippen LogP contribution is -2.37. The van der Waals surface area contributed by atoms with E-state index in [1.54, 1.807) is 4.90 Å². The lowest BCUT2D eigenvalue weighted by atomic mass is 10.1. The van der Waals surface area contributed by atoms with E-state index in [2.05, 4.69) is 21.2 Å². The number of halogens is 1. The molecule has 0 aliphatic carbocycles.